The van der Waals surface area contributed by atoms with E-state index in [9.17, 15) is 4.79 Å². The number of carbonyl (C=O) groups is 1. The minimum Gasteiger partial charge on any atom is -0.492 e. The molecule has 0 radical (unpaired) electrons. The first kappa shape index (κ1) is 23.3. The lowest BCUT2D eigenvalue weighted by Gasteiger charge is -2.21. The van der Waals surface area contributed by atoms with E-state index in [0.29, 0.717) is 17.9 Å². The number of thiocarbonyl (C=S) groups is 1. The van der Waals surface area contributed by atoms with Crippen LogP contribution in [0.5, 0.6) is 5.75 Å². The van der Waals surface area contributed by atoms with Gasteiger partial charge in [0.2, 0.25) is 0 Å². The number of nitrogens with one attached hydrogen (secondary N) is 2. The van der Waals surface area contributed by atoms with Crippen molar-refractivity contribution in [2.45, 2.75) is 20.3 Å². The molecule has 0 bridgehead atoms. The second kappa shape index (κ2) is 11.9. The van der Waals surface area contributed by atoms with Gasteiger partial charge in [-0.15, -0.1) is 0 Å². The van der Waals surface area contributed by atoms with E-state index in [1.807, 2.05) is 48.5 Å². The van der Waals surface area contributed by atoms with Crippen molar-refractivity contribution in [3.8, 4) is 5.75 Å². The van der Waals surface area contributed by atoms with E-state index in [-0.39, 0.29) is 11.0 Å². The van der Waals surface area contributed by atoms with Crippen LogP contribution in [-0.2, 0) is 6.42 Å². The lowest BCUT2D eigenvalue weighted by molar-refractivity contribution is 0.0974. The molecule has 0 spiro atoms. The van der Waals surface area contributed by atoms with Gasteiger partial charge in [0.25, 0.3) is 5.91 Å². The van der Waals surface area contributed by atoms with E-state index in [0.717, 1.165) is 30.9 Å². The monoisotopic (exact) mass is 447 g/mol. The van der Waals surface area contributed by atoms with Crippen molar-refractivity contribution < 1.29 is 9.53 Å². The fraction of sp³-hybridized carbons (Fsp3) is 0.231. The van der Waals surface area contributed by atoms with Gasteiger partial charge in [0.05, 0.1) is 12.2 Å². The molecule has 0 aromatic heterocycles. The summed E-state index contributed by atoms with van der Waals surface area (Å²) in [5, 5.41) is 6.05. The van der Waals surface area contributed by atoms with Crippen molar-refractivity contribution in [1.82, 2.24) is 5.32 Å². The van der Waals surface area contributed by atoms with Crippen molar-refractivity contribution in [3.63, 3.8) is 0 Å². The molecule has 0 fully saturated rings. The van der Waals surface area contributed by atoms with Crippen LogP contribution >= 0.6 is 12.2 Å². The predicted octanol–water partition coefficient (Wildman–Crippen LogP) is 5.28. The first-order chi connectivity index (χ1) is 15.6. The summed E-state index contributed by atoms with van der Waals surface area (Å²) in [6, 6.07) is 25.3. The van der Waals surface area contributed by atoms with Crippen LogP contribution in [0, 0.1) is 0 Å². The van der Waals surface area contributed by atoms with Gasteiger partial charge in [-0.3, -0.25) is 10.1 Å². The SMILES string of the molecule is CCN(CC)c1ccc(NC(=S)NC(=O)c2ccccc2OCCc2ccccc2)cc1. The lowest BCUT2D eigenvalue weighted by Crippen LogP contribution is -2.34. The van der Waals surface area contributed by atoms with Crippen LogP contribution in [-0.4, -0.2) is 30.7 Å². The van der Waals surface area contributed by atoms with E-state index in [4.69, 9.17) is 17.0 Å². The maximum Gasteiger partial charge on any atom is 0.261 e. The second-order valence-electron chi connectivity index (χ2n) is 7.21. The molecule has 3 aromatic rings. The summed E-state index contributed by atoms with van der Waals surface area (Å²) in [5.74, 6) is 0.227. The standard InChI is InChI=1S/C26H29N3O2S/c1-3-29(4-2)22-16-14-21(15-17-22)27-26(32)28-25(30)23-12-8-9-13-24(23)31-19-18-20-10-6-5-7-11-20/h5-17H,3-4,18-19H2,1-2H3,(H2,27,28,30,32). The molecule has 0 unspecified atom stereocenters. The van der Waals surface area contributed by atoms with Gasteiger partial charge < -0.3 is 15.0 Å². The Balaban J connectivity index is 1.56. The molecule has 0 heterocycles. The van der Waals surface area contributed by atoms with Crippen LogP contribution in [0.4, 0.5) is 11.4 Å². The number of hydrogen-bond donors (Lipinski definition) is 2. The van der Waals surface area contributed by atoms with Crippen molar-refractivity contribution >= 4 is 34.6 Å². The minimum absolute atomic E-state index is 0.240. The number of hydrogen-bond acceptors (Lipinski definition) is 4. The van der Waals surface area contributed by atoms with Gasteiger partial charge in [-0.25, -0.2) is 0 Å². The topological polar surface area (TPSA) is 53.6 Å². The first-order valence-electron chi connectivity index (χ1n) is 10.8. The number of amides is 1. The highest BCUT2D eigenvalue weighted by Gasteiger charge is 2.14. The van der Waals surface area contributed by atoms with Gasteiger partial charge in [-0.05, 0) is 68.0 Å². The van der Waals surface area contributed by atoms with E-state index >= 15 is 0 Å². The second-order valence-corrected chi connectivity index (χ2v) is 7.62. The minimum atomic E-state index is -0.308. The maximum absolute atomic E-state index is 12.8. The molecule has 0 saturated carbocycles. The highest BCUT2D eigenvalue weighted by Crippen LogP contribution is 2.19. The Bertz CT molecular complexity index is 1020. The first-order valence-corrected chi connectivity index (χ1v) is 11.2. The zero-order chi connectivity index (χ0) is 22.8. The number of carbonyl (C=O) groups excluding carboxylic acids is 1. The van der Waals surface area contributed by atoms with Gasteiger partial charge in [0, 0.05) is 30.9 Å². The number of benzene rings is 3. The molecule has 0 saturated heterocycles. The molecule has 0 aliphatic rings. The highest BCUT2D eigenvalue weighted by atomic mass is 32.1. The number of anilines is 2. The summed E-state index contributed by atoms with van der Waals surface area (Å²) in [4.78, 5) is 15.1. The zero-order valence-corrected chi connectivity index (χ0v) is 19.3. The number of rotatable bonds is 9. The molecule has 0 atom stereocenters. The maximum atomic E-state index is 12.8. The number of para-hydroxylation sites is 1. The zero-order valence-electron chi connectivity index (χ0n) is 18.5. The normalized spacial score (nSPS) is 10.3. The Hall–Kier alpha value is -3.38. The third-order valence-corrected chi connectivity index (χ3v) is 5.31. The molecule has 0 aliphatic heterocycles. The van der Waals surface area contributed by atoms with Crippen LogP contribution in [0.2, 0.25) is 0 Å². The fourth-order valence-corrected chi connectivity index (χ4v) is 3.59. The molecule has 0 aliphatic carbocycles. The predicted molar refractivity (Wildman–Crippen MR) is 136 cm³/mol. The Labute approximate surface area is 195 Å². The van der Waals surface area contributed by atoms with Crippen LogP contribution in [0.1, 0.15) is 29.8 Å². The highest BCUT2D eigenvalue weighted by molar-refractivity contribution is 7.80. The van der Waals surface area contributed by atoms with Gasteiger partial charge in [-0.2, -0.15) is 0 Å². The quantitative estimate of drug-likeness (QED) is 0.437. The largest absolute Gasteiger partial charge is 0.492 e. The van der Waals surface area contributed by atoms with E-state index in [2.05, 4.69) is 41.5 Å². The summed E-state index contributed by atoms with van der Waals surface area (Å²) >= 11 is 5.34. The van der Waals surface area contributed by atoms with Gasteiger partial charge in [-0.1, -0.05) is 42.5 Å². The number of nitrogens with zero attached hydrogens (tertiary/aromatic N) is 1. The Morgan fingerprint density at radius 3 is 2.25 bits per heavy atom. The van der Waals surface area contributed by atoms with Crippen LogP contribution in [0.15, 0.2) is 78.9 Å². The molecular weight excluding hydrogens is 418 g/mol. The molecule has 166 valence electrons. The number of ether oxygens (including phenoxy) is 1. The summed E-state index contributed by atoms with van der Waals surface area (Å²) in [5.41, 5.74) is 3.60. The van der Waals surface area contributed by atoms with Gasteiger partial charge in [0.1, 0.15) is 5.75 Å². The van der Waals surface area contributed by atoms with Gasteiger partial charge >= 0.3 is 0 Å². The van der Waals surface area contributed by atoms with Crippen LogP contribution in [0.25, 0.3) is 0 Å². The molecule has 32 heavy (non-hydrogen) atoms. The van der Waals surface area contributed by atoms with E-state index in [1.54, 1.807) is 18.2 Å². The third kappa shape index (κ3) is 6.56. The summed E-state index contributed by atoms with van der Waals surface area (Å²) in [6.45, 7) is 6.64. The summed E-state index contributed by atoms with van der Waals surface area (Å²) < 4.78 is 5.89. The van der Waals surface area contributed by atoms with E-state index < -0.39 is 0 Å². The molecule has 6 heteroatoms. The average molecular weight is 448 g/mol. The van der Waals surface area contributed by atoms with Crippen LogP contribution in [0.3, 0.4) is 0 Å². The average Bonchev–Trinajstić information content (AvgIpc) is 2.82. The van der Waals surface area contributed by atoms with Crippen molar-refractivity contribution in [2.75, 3.05) is 29.9 Å². The van der Waals surface area contributed by atoms with Crippen molar-refractivity contribution in [1.29, 1.82) is 0 Å². The smallest absolute Gasteiger partial charge is 0.261 e. The Morgan fingerprint density at radius 1 is 0.906 bits per heavy atom. The van der Waals surface area contributed by atoms with Gasteiger partial charge in [0.15, 0.2) is 5.11 Å². The Morgan fingerprint density at radius 2 is 1.56 bits per heavy atom. The molecule has 5 nitrogen and oxygen atoms in total. The molecular formula is C26H29N3O2S. The summed E-state index contributed by atoms with van der Waals surface area (Å²) in [7, 11) is 0. The van der Waals surface area contributed by atoms with Crippen molar-refractivity contribution in [3.05, 3.63) is 90.0 Å². The lowest BCUT2D eigenvalue weighted by atomic mass is 10.1. The fourth-order valence-electron chi connectivity index (χ4n) is 3.38. The van der Waals surface area contributed by atoms with Crippen LogP contribution < -0.4 is 20.3 Å². The third-order valence-electron chi connectivity index (χ3n) is 5.10. The Kier molecular flexibility index (Phi) is 8.63. The molecule has 3 aromatic carbocycles. The van der Waals surface area contributed by atoms with Crippen molar-refractivity contribution in [2.24, 2.45) is 0 Å². The molecule has 3 rings (SSSR count). The molecule has 2 N–H and O–H groups in total. The summed E-state index contributed by atoms with van der Waals surface area (Å²) in [6.07, 6.45) is 0.764. The van der Waals surface area contributed by atoms with E-state index in [1.165, 1.54) is 5.56 Å². The molecule has 1 amide bonds.